The first-order valence-electron chi connectivity index (χ1n) is 4.89. The molecule has 1 aromatic rings. The molecule has 3 nitrogen and oxygen atoms in total. The molecule has 0 saturated carbocycles. The van der Waals surface area contributed by atoms with Crippen LogP contribution in [-0.4, -0.2) is 10.8 Å². The van der Waals surface area contributed by atoms with Gasteiger partial charge in [0.2, 0.25) is 0 Å². The largest absolute Gasteiger partial charge is 0.325 e. The first-order valence-corrected chi connectivity index (χ1v) is 4.89. The minimum atomic E-state index is 0.0994. The maximum Gasteiger partial charge on any atom is 0.163 e. The quantitative estimate of drug-likeness (QED) is 0.447. The van der Waals surface area contributed by atoms with Crippen molar-refractivity contribution in [3.05, 3.63) is 29.6 Å². The highest BCUT2D eigenvalue weighted by Gasteiger charge is 2.05. The number of carbonyl (C=O) groups excluding carboxylic acids is 1. The van der Waals surface area contributed by atoms with Crippen LogP contribution in [0.15, 0.2) is 18.3 Å². The van der Waals surface area contributed by atoms with Gasteiger partial charge in [0.25, 0.3) is 0 Å². The predicted molar refractivity (Wildman–Crippen MR) is 59.1 cm³/mol. The van der Waals surface area contributed by atoms with Crippen molar-refractivity contribution >= 4 is 5.78 Å². The Morgan fingerprint density at radius 2 is 2.40 bits per heavy atom. The Morgan fingerprint density at radius 3 is 3.07 bits per heavy atom. The molecule has 0 radical (unpaired) electrons. The van der Waals surface area contributed by atoms with E-state index in [-0.39, 0.29) is 5.78 Å². The van der Waals surface area contributed by atoms with Crippen LogP contribution >= 0.6 is 0 Å². The van der Waals surface area contributed by atoms with Crippen molar-refractivity contribution in [1.82, 2.24) is 4.98 Å². The first-order chi connectivity index (χ1) is 7.27. The van der Waals surface area contributed by atoms with Crippen molar-refractivity contribution in [3.8, 4) is 12.3 Å². The lowest BCUT2D eigenvalue weighted by Gasteiger charge is -2.01. The maximum atomic E-state index is 11.7. The summed E-state index contributed by atoms with van der Waals surface area (Å²) in [6.07, 6.45) is 8.57. The number of hydrogen-bond donors (Lipinski definition) is 1. The van der Waals surface area contributed by atoms with Crippen LogP contribution in [0.3, 0.4) is 0 Å². The van der Waals surface area contributed by atoms with Gasteiger partial charge in [-0.2, -0.15) is 0 Å². The highest BCUT2D eigenvalue weighted by atomic mass is 16.1. The number of nitrogens with two attached hydrogens (primary N) is 1. The van der Waals surface area contributed by atoms with E-state index in [2.05, 4.69) is 10.9 Å². The minimum absolute atomic E-state index is 0.0994. The summed E-state index contributed by atoms with van der Waals surface area (Å²) in [4.78, 5) is 15.7. The molecule has 0 spiro atoms. The number of nitrogens with zero attached hydrogens (tertiary/aromatic N) is 1. The standard InChI is InChI=1S/C12H14N2O/c1-2-3-4-5-12(15)10-6-7-14-11(8-10)9-13/h1,6-8H,3-5,9,13H2. The van der Waals surface area contributed by atoms with E-state index < -0.39 is 0 Å². The Labute approximate surface area is 89.7 Å². The molecule has 2 N–H and O–H groups in total. The normalized spacial score (nSPS) is 9.60. The van der Waals surface area contributed by atoms with Gasteiger partial charge in [0, 0.05) is 31.1 Å². The molecular formula is C12H14N2O. The molecule has 78 valence electrons. The van der Waals surface area contributed by atoms with Crippen molar-refractivity contribution in [2.45, 2.75) is 25.8 Å². The number of aromatic nitrogens is 1. The van der Waals surface area contributed by atoms with E-state index >= 15 is 0 Å². The number of unbranched alkanes of at least 4 members (excludes halogenated alkanes) is 1. The highest BCUT2D eigenvalue weighted by Crippen LogP contribution is 2.07. The Bertz CT molecular complexity index is 379. The first kappa shape index (κ1) is 11.4. The molecule has 0 unspecified atom stereocenters. The molecule has 1 aromatic heterocycles. The van der Waals surface area contributed by atoms with E-state index in [9.17, 15) is 4.79 Å². The topological polar surface area (TPSA) is 56.0 Å². The third kappa shape index (κ3) is 3.53. The van der Waals surface area contributed by atoms with Crippen LogP contribution in [0.25, 0.3) is 0 Å². The van der Waals surface area contributed by atoms with Crippen molar-refractivity contribution in [3.63, 3.8) is 0 Å². The fourth-order valence-corrected chi connectivity index (χ4v) is 1.26. The summed E-state index contributed by atoms with van der Waals surface area (Å²) in [5, 5.41) is 0. The lowest BCUT2D eigenvalue weighted by Crippen LogP contribution is -2.04. The molecular weight excluding hydrogens is 188 g/mol. The summed E-state index contributed by atoms with van der Waals surface area (Å²) < 4.78 is 0. The number of rotatable bonds is 5. The van der Waals surface area contributed by atoms with Crippen LogP contribution in [0.5, 0.6) is 0 Å². The zero-order valence-corrected chi connectivity index (χ0v) is 8.57. The van der Waals surface area contributed by atoms with Gasteiger partial charge in [0.15, 0.2) is 5.78 Å². The number of hydrogen-bond acceptors (Lipinski definition) is 3. The molecule has 1 heterocycles. The number of Topliss-reactive ketones (excluding diaryl/α,β-unsaturated/α-hetero) is 1. The third-order valence-corrected chi connectivity index (χ3v) is 2.07. The van der Waals surface area contributed by atoms with Gasteiger partial charge in [0.1, 0.15) is 0 Å². The van der Waals surface area contributed by atoms with E-state index in [1.807, 2.05) is 0 Å². The summed E-state index contributed by atoms with van der Waals surface area (Å²) >= 11 is 0. The van der Waals surface area contributed by atoms with Gasteiger partial charge in [0.05, 0.1) is 5.69 Å². The molecule has 0 saturated heterocycles. The summed E-state index contributed by atoms with van der Waals surface area (Å²) in [6.45, 7) is 0.353. The van der Waals surface area contributed by atoms with Crippen LogP contribution in [0, 0.1) is 12.3 Å². The molecule has 0 aromatic carbocycles. The van der Waals surface area contributed by atoms with E-state index in [4.69, 9.17) is 12.2 Å². The summed E-state index contributed by atoms with van der Waals surface area (Å²) in [5.41, 5.74) is 6.84. The molecule has 0 aliphatic heterocycles. The summed E-state index contributed by atoms with van der Waals surface area (Å²) in [7, 11) is 0. The smallest absolute Gasteiger partial charge is 0.163 e. The average Bonchev–Trinajstić information content (AvgIpc) is 2.29. The zero-order chi connectivity index (χ0) is 11.1. The van der Waals surface area contributed by atoms with Gasteiger partial charge in [-0.15, -0.1) is 12.3 Å². The lowest BCUT2D eigenvalue weighted by molar-refractivity contribution is 0.0980. The summed E-state index contributed by atoms with van der Waals surface area (Å²) in [6, 6.07) is 3.44. The molecule has 1 rings (SSSR count). The van der Waals surface area contributed by atoms with Gasteiger partial charge in [-0.25, -0.2) is 0 Å². The van der Waals surface area contributed by atoms with Crippen molar-refractivity contribution in [2.24, 2.45) is 5.73 Å². The monoisotopic (exact) mass is 202 g/mol. The molecule has 3 heteroatoms. The Kier molecular flexibility index (Phi) is 4.52. The van der Waals surface area contributed by atoms with Crippen LogP contribution < -0.4 is 5.73 Å². The fourth-order valence-electron chi connectivity index (χ4n) is 1.26. The van der Waals surface area contributed by atoms with Crippen molar-refractivity contribution < 1.29 is 4.79 Å². The lowest BCUT2D eigenvalue weighted by atomic mass is 10.1. The van der Waals surface area contributed by atoms with Gasteiger partial charge >= 0.3 is 0 Å². The number of ketones is 1. The Morgan fingerprint density at radius 1 is 1.60 bits per heavy atom. The Balaban J connectivity index is 2.61. The average molecular weight is 202 g/mol. The second-order valence-electron chi connectivity index (χ2n) is 3.22. The van der Waals surface area contributed by atoms with Gasteiger partial charge in [-0.1, -0.05) is 0 Å². The van der Waals surface area contributed by atoms with Crippen molar-refractivity contribution in [2.75, 3.05) is 0 Å². The fraction of sp³-hybridized carbons (Fsp3) is 0.333. The molecule has 0 aliphatic carbocycles. The van der Waals surface area contributed by atoms with Gasteiger partial charge in [-0.3, -0.25) is 9.78 Å². The second kappa shape index (κ2) is 5.94. The summed E-state index contributed by atoms with van der Waals surface area (Å²) in [5.74, 6) is 2.61. The molecule has 0 atom stereocenters. The predicted octanol–water partition coefficient (Wildman–Crippen LogP) is 1.53. The minimum Gasteiger partial charge on any atom is -0.325 e. The zero-order valence-electron chi connectivity index (χ0n) is 8.57. The molecule has 15 heavy (non-hydrogen) atoms. The number of terminal acetylenes is 1. The maximum absolute atomic E-state index is 11.7. The van der Waals surface area contributed by atoms with Crippen molar-refractivity contribution in [1.29, 1.82) is 0 Å². The number of carbonyl (C=O) groups is 1. The van der Waals surface area contributed by atoms with E-state index in [0.29, 0.717) is 24.9 Å². The SMILES string of the molecule is C#CCCCC(=O)c1ccnc(CN)c1. The van der Waals surface area contributed by atoms with Crippen LogP contribution in [0.4, 0.5) is 0 Å². The third-order valence-electron chi connectivity index (χ3n) is 2.07. The van der Waals surface area contributed by atoms with Crippen LogP contribution in [0.2, 0.25) is 0 Å². The van der Waals surface area contributed by atoms with Crippen LogP contribution in [-0.2, 0) is 6.54 Å². The van der Waals surface area contributed by atoms with E-state index in [1.54, 1.807) is 18.3 Å². The van der Waals surface area contributed by atoms with Gasteiger partial charge < -0.3 is 5.73 Å². The highest BCUT2D eigenvalue weighted by molar-refractivity contribution is 5.96. The molecule has 0 bridgehead atoms. The Hall–Kier alpha value is -1.66. The van der Waals surface area contributed by atoms with Gasteiger partial charge in [-0.05, 0) is 18.6 Å². The molecule has 0 amide bonds. The molecule has 0 aliphatic rings. The molecule has 0 fully saturated rings. The van der Waals surface area contributed by atoms with Crippen LogP contribution in [0.1, 0.15) is 35.3 Å². The van der Waals surface area contributed by atoms with E-state index in [1.165, 1.54) is 0 Å². The van der Waals surface area contributed by atoms with E-state index in [0.717, 1.165) is 12.1 Å². The number of pyridine rings is 1. The second-order valence-corrected chi connectivity index (χ2v) is 3.22.